The fourth-order valence-corrected chi connectivity index (χ4v) is 2.18. The number of benzene rings is 1. The van der Waals surface area contributed by atoms with Gasteiger partial charge in [-0.1, -0.05) is 22.9 Å². The molecule has 1 aromatic carbocycles. The van der Waals surface area contributed by atoms with E-state index < -0.39 is 0 Å². The van der Waals surface area contributed by atoms with Crippen LogP contribution in [0.2, 0.25) is 0 Å². The van der Waals surface area contributed by atoms with Crippen molar-refractivity contribution in [3.05, 3.63) is 28.6 Å². The predicted molar refractivity (Wildman–Crippen MR) is 75.9 cm³/mol. The summed E-state index contributed by atoms with van der Waals surface area (Å²) in [5, 5.41) is 8.07. The van der Waals surface area contributed by atoms with Crippen LogP contribution in [0.3, 0.4) is 0 Å². The molecule has 0 aliphatic carbocycles. The van der Waals surface area contributed by atoms with E-state index >= 15 is 0 Å². The molecule has 1 unspecified atom stereocenters. The molecule has 2 aromatic rings. The van der Waals surface area contributed by atoms with Crippen LogP contribution in [-0.2, 0) is 0 Å². The van der Waals surface area contributed by atoms with Gasteiger partial charge in [-0.15, -0.1) is 10.2 Å². The maximum atomic E-state index is 5.62. The molecule has 0 N–H and O–H groups in total. The van der Waals surface area contributed by atoms with Crippen molar-refractivity contribution in [2.45, 2.75) is 18.2 Å². The van der Waals surface area contributed by atoms with E-state index in [1.807, 2.05) is 25.1 Å². The third-order valence-electron chi connectivity index (χ3n) is 2.47. The van der Waals surface area contributed by atoms with Gasteiger partial charge in [-0.2, -0.15) is 0 Å². The Bertz CT molecular complexity index is 543. The summed E-state index contributed by atoms with van der Waals surface area (Å²) < 4.78 is 11.7. The molecule has 0 spiro atoms. The second-order valence-corrected chi connectivity index (χ2v) is 5.63. The molecule has 0 saturated carbocycles. The molecule has 0 saturated heterocycles. The minimum atomic E-state index is 0.0976. The fraction of sp³-hybridized carbons (Fsp3) is 0.333. The Morgan fingerprint density at radius 3 is 2.78 bits per heavy atom. The van der Waals surface area contributed by atoms with Crippen molar-refractivity contribution in [3.8, 4) is 17.2 Å². The Morgan fingerprint density at radius 1 is 1.39 bits per heavy atom. The van der Waals surface area contributed by atoms with Gasteiger partial charge < -0.3 is 9.15 Å². The summed E-state index contributed by atoms with van der Waals surface area (Å²) in [5.74, 6) is 1.87. The third-order valence-corrected chi connectivity index (χ3v) is 4.12. The van der Waals surface area contributed by atoms with Crippen LogP contribution in [0.15, 0.2) is 27.1 Å². The van der Waals surface area contributed by atoms with Crippen molar-refractivity contribution >= 4 is 31.9 Å². The Morgan fingerprint density at radius 2 is 2.17 bits per heavy atom. The van der Waals surface area contributed by atoms with Gasteiger partial charge in [-0.3, -0.25) is 0 Å². The number of nitrogens with zero attached hydrogens (tertiary/aromatic N) is 2. The number of rotatable bonds is 4. The van der Waals surface area contributed by atoms with Crippen LogP contribution in [0.4, 0.5) is 0 Å². The smallest absolute Gasteiger partial charge is 0.247 e. The minimum Gasteiger partial charge on any atom is -0.496 e. The lowest BCUT2D eigenvalue weighted by Crippen LogP contribution is -1.86. The van der Waals surface area contributed by atoms with E-state index in [2.05, 4.69) is 42.1 Å². The lowest BCUT2D eigenvalue weighted by atomic mass is 10.2. The van der Waals surface area contributed by atoms with E-state index in [-0.39, 0.29) is 4.83 Å². The summed E-state index contributed by atoms with van der Waals surface area (Å²) in [5.41, 5.74) is 0.859. The van der Waals surface area contributed by atoms with Gasteiger partial charge in [-0.05, 0) is 40.5 Å². The highest BCUT2D eigenvalue weighted by atomic mass is 79.9. The second-order valence-electron chi connectivity index (χ2n) is 3.67. The number of aromatic nitrogens is 2. The number of ether oxygens (including phenoxy) is 1. The molecule has 0 aliphatic heterocycles. The summed E-state index contributed by atoms with van der Waals surface area (Å²) in [7, 11) is 1.63. The van der Waals surface area contributed by atoms with Gasteiger partial charge in [0.1, 0.15) is 5.75 Å². The first-order chi connectivity index (χ1) is 8.65. The highest BCUT2D eigenvalue weighted by Gasteiger charge is 2.15. The average Bonchev–Trinajstić information content (AvgIpc) is 2.87. The molecule has 1 heterocycles. The van der Waals surface area contributed by atoms with Gasteiger partial charge in [0.15, 0.2) is 0 Å². The molecule has 0 bridgehead atoms. The van der Waals surface area contributed by atoms with E-state index in [1.54, 1.807) is 7.11 Å². The molecule has 0 amide bonds. The Kier molecular flexibility index (Phi) is 4.40. The van der Waals surface area contributed by atoms with Crippen LogP contribution in [0, 0.1) is 0 Å². The Balaban J connectivity index is 2.31. The SMILES string of the molecule is CCC(Br)c1nnc(-c2ccc(OC)c(Br)c2)o1. The summed E-state index contributed by atoms with van der Waals surface area (Å²) in [6.07, 6.45) is 0.897. The summed E-state index contributed by atoms with van der Waals surface area (Å²) >= 11 is 6.91. The Hall–Kier alpha value is -0.880. The summed E-state index contributed by atoms with van der Waals surface area (Å²) in [6.45, 7) is 2.05. The molecular formula is C12H12Br2N2O2. The van der Waals surface area contributed by atoms with Crippen LogP contribution < -0.4 is 4.74 Å². The third kappa shape index (κ3) is 2.75. The number of halogens is 2. The van der Waals surface area contributed by atoms with Crippen LogP contribution in [-0.4, -0.2) is 17.3 Å². The zero-order chi connectivity index (χ0) is 13.1. The number of alkyl halides is 1. The number of hydrogen-bond acceptors (Lipinski definition) is 4. The van der Waals surface area contributed by atoms with Gasteiger partial charge in [0.25, 0.3) is 0 Å². The highest BCUT2D eigenvalue weighted by Crippen LogP contribution is 2.32. The van der Waals surface area contributed by atoms with Gasteiger partial charge in [-0.25, -0.2) is 0 Å². The van der Waals surface area contributed by atoms with E-state index in [4.69, 9.17) is 9.15 Å². The maximum absolute atomic E-state index is 5.62. The van der Waals surface area contributed by atoms with Crippen molar-refractivity contribution in [1.82, 2.24) is 10.2 Å². The highest BCUT2D eigenvalue weighted by molar-refractivity contribution is 9.10. The average molecular weight is 376 g/mol. The molecule has 4 nitrogen and oxygen atoms in total. The summed E-state index contributed by atoms with van der Waals surface area (Å²) in [6, 6.07) is 5.64. The Labute approximate surface area is 122 Å². The van der Waals surface area contributed by atoms with E-state index in [9.17, 15) is 0 Å². The zero-order valence-corrected chi connectivity index (χ0v) is 13.2. The van der Waals surface area contributed by atoms with Gasteiger partial charge in [0.05, 0.1) is 16.4 Å². The molecule has 18 heavy (non-hydrogen) atoms. The van der Waals surface area contributed by atoms with Crippen molar-refractivity contribution < 1.29 is 9.15 Å². The molecule has 0 radical (unpaired) electrons. The molecule has 1 aromatic heterocycles. The van der Waals surface area contributed by atoms with Gasteiger partial charge in [0.2, 0.25) is 11.8 Å². The van der Waals surface area contributed by atoms with Crippen LogP contribution in [0.25, 0.3) is 11.5 Å². The lowest BCUT2D eigenvalue weighted by molar-refractivity contribution is 0.412. The van der Waals surface area contributed by atoms with Crippen LogP contribution >= 0.6 is 31.9 Å². The van der Waals surface area contributed by atoms with E-state index in [0.717, 1.165) is 22.2 Å². The molecule has 2 rings (SSSR count). The predicted octanol–water partition coefficient (Wildman–Crippen LogP) is 4.35. The van der Waals surface area contributed by atoms with Gasteiger partial charge >= 0.3 is 0 Å². The normalized spacial score (nSPS) is 12.4. The largest absolute Gasteiger partial charge is 0.496 e. The van der Waals surface area contributed by atoms with Crippen molar-refractivity contribution in [2.24, 2.45) is 0 Å². The van der Waals surface area contributed by atoms with E-state index in [0.29, 0.717) is 11.8 Å². The number of hydrogen-bond donors (Lipinski definition) is 0. The molecule has 0 fully saturated rings. The van der Waals surface area contributed by atoms with Gasteiger partial charge in [0, 0.05) is 5.56 Å². The second kappa shape index (κ2) is 5.84. The first-order valence-electron chi connectivity index (χ1n) is 5.47. The molecule has 96 valence electrons. The first kappa shape index (κ1) is 13.5. The lowest BCUT2D eigenvalue weighted by Gasteiger charge is -2.03. The molecule has 6 heteroatoms. The zero-order valence-electron chi connectivity index (χ0n) is 9.98. The number of methoxy groups -OCH3 is 1. The first-order valence-corrected chi connectivity index (χ1v) is 7.18. The molecular weight excluding hydrogens is 364 g/mol. The van der Waals surface area contributed by atoms with Crippen LogP contribution in [0.5, 0.6) is 5.75 Å². The fourth-order valence-electron chi connectivity index (χ4n) is 1.45. The maximum Gasteiger partial charge on any atom is 0.247 e. The summed E-state index contributed by atoms with van der Waals surface area (Å²) in [4.78, 5) is 0.0976. The van der Waals surface area contributed by atoms with Crippen LogP contribution in [0.1, 0.15) is 24.1 Å². The quantitative estimate of drug-likeness (QED) is 0.745. The van der Waals surface area contributed by atoms with Crippen molar-refractivity contribution in [1.29, 1.82) is 0 Å². The topological polar surface area (TPSA) is 48.2 Å². The van der Waals surface area contributed by atoms with Crippen molar-refractivity contribution in [2.75, 3.05) is 7.11 Å². The van der Waals surface area contributed by atoms with Crippen molar-refractivity contribution in [3.63, 3.8) is 0 Å². The monoisotopic (exact) mass is 374 g/mol. The standard InChI is InChI=1S/C12H12Br2N2O2/c1-3-8(13)12-16-15-11(18-12)7-4-5-10(17-2)9(14)6-7/h4-6,8H,3H2,1-2H3. The molecule has 0 aliphatic rings. The molecule has 1 atom stereocenters. The van der Waals surface area contributed by atoms with E-state index in [1.165, 1.54) is 0 Å². The minimum absolute atomic E-state index is 0.0976.